The van der Waals surface area contributed by atoms with Gasteiger partial charge in [-0.25, -0.2) is 4.79 Å². The van der Waals surface area contributed by atoms with E-state index >= 15 is 0 Å². The molecule has 8 nitrogen and oxygen atoms in total. The van der Waals surface area contributed by atoms with E-state index in [1.165, 1.54) is 0 Å². The Morgan fingerprint density at radius 1 is 1.06 bits per heavy atom. The molecule has 1 aromatic carbocycles. The van der Waals surface area contributed by atoms with E-state index in [2.05, 4.69) is 4.90 Å². The summed E-state index contributed by atoms with van der Waals surface area (Å²) in [5, 5.41) is 0.587. The Balaban J connectivity index is 1.25. The van der Waals surface area contributed by atoms with E-state index in [0.717, 1.165) is 37.1 Å². The smallest absolute Gasteiger partial charge is 0.410 e. The third-order valence-corrected chi connectivity index (χ3v) is 7.14. The molecule has 1 aromatic rings. The van der Waals surface area contributed by atoms with Crippen molar-refractivity contribution in [3.63, 3.8) is 0 Å². The van der Waals surface area contributed by atoms with E-state index in [-0.39, 0.29) is 12.0 Å². The number of aryl methyl sites for hydroxylation is 1. The van der Waals surface area contributed by atoms with Crippen LogP contribution in [-0.4, -0.2) is 83.5 Å². The molecule has 0 atom stereocenters. The van der Waals surface area contributed by atoms with Crippen molar-refractivity contribution in [2.75, 3.05) is 39.3 Å². The second-order valence-corrected chi connectivity index (χ2v) is 11.0. The summed E-state index contributed by atoms with van der Waals surface area (Å²) >= 11 is 6.36. The average molecular weight is 491 g/mol. The second kappa shape index (κ2) is 9.74. The number of piperazine rings is 1. The average Bonchev–Trinajstić information content (AvgIpc) is 3.55. The fourth-order valence-electron chi connectivity index (χ4n) is 4.68. The molecule has 2 saturated heterocycles. The van der Waals surface area contributed by atoms with Crippen LogP contribution in [0.1, 0.15) is 67.4 Å². The highest BCUT2D eigenvalue weighted by Gasteiger charge is 2.38. The SMILES string of the molecule is CC(C)(C)OC(=O)N1CC(N2CCN(C(=O)CCc3cc(C4CC4)c(Cl)cc3C(N)=O)CC2)C1. The predicted molar refractivity (Wildman–Crippen MR) is 130 cm³/mol. The van der Waals surface area contributed by atoms with Gasteiger partial charge < -0.3 is 20.3 Å². The largest absolute Gasteiger partial charge is 0.444 e. The molecule has 3 aliphatic rings. The van der Waals surface area contributed by atoms with Crippen molar-refractivity contribution in [1.29, 1.82) is 0 Å². The first-order valence-corrected chi connectivity index (χ1v) is 12.5. The molecule has 9 heteroatoms. The van der Waals surface area contributed by atoms with Crippen LogP contribution in [0.2, 0.25) is 5.02 Å². The Labute approximate surface area is 206 Å². The summed E-state index contributed by atoms with van der Waals surface area (Å²) in [5.41, 5.74) is 7.35. The molecule has 0 aromatic heterocycles. The zero-order valence-electron chi connectivity index (χ0n) is 20.3. The van der Waals surface area contributed by atoms with Gasteiger partial charge in [-0.3, -0.25) is 14.5 Å². The lowest BCUT2D eigenvalue weighted by atomic mass is 9.97. The third kappa shape index (κ3) is 5.84. The Bertz CT molecular complexity index is 958. The highest BCUT2D eigenvalue weighted by atomic mass is 35.5. The number of nitrogens with two attached hydrogens (primary N) is 1. The summed E-state index contributed by atoms with van der Waals surface area (Å²) in [6.45, 7) is 9.84. The monoisotopic (exact) mass is 490 g/mol. The van der Waals surface area contributed by atoms with Crippen LogP contribution in [0.25, 0.3) is 0 Å². The van der Waals surface area contributed by atoms with Gasteiger partial charge in [-0.2, -0.15) is 0 Å². The standard InChI is InChI=1S/C25H35ClN4O4/c1-25(2,3)34-24(33)30-14-18(15-30)28-8-10-29(11-9-28)22(31)7-6-17-12-19(16-4-5-16)21(26)13-20(17)23(27)32/h12-13,16,18H,4-11,14-15H2,1-3H3,(H2,27,32). The lowest BCUT2D eigenvalue weighted by molar-refractivity contribution is -0.133. The van der Waals surface area contributed by atoms with Crippen LogP contribution in [0, 0.1) is 0 Å². The topological polar surface area (TPSA) is 96.2 Å². The molecule has 0 bridgehead atoms. The Kier molecular flexibility index (Phi) is 7.10. The van der Waals surface area contributed by atoms with Crippen LogP contribution in [0.3, 0.4) is 0 Å². The van der Waals surface area contributed by atoms with Gasteiger partial charge in [0.2, 0.25) is 11.8 Å². The molecule has 2 N–H and O–H groups in total. The van der Waals surface area contributed by atoms with E-state index in [4.69, 9.17) is 22.1 Å². The molecular formula is C25H35ClN4O4. The van der Waals surface area contributed by atoms with Gasteiger partial charge in [-0.15, -0.1) is 0 Å². The summed E-state index contributed by atoms with van der Waals surface area (Å²) in [7, 11) is 0. The number of nitrogens with zero attached hydrogens (tertiary/aromatic N) is 3. The number of benzene rings is 1. The Hall–Kier alpha value is -2.32. The van der Waals surface area contributed by atoms with Gasteiger partial charge >= 0.3 is 6.09 Å². The first-order valence-electron chi connectivity index (χ1n) is 12.1. The van der Waals surface area contributed by atoms with Gasteiger partial charge in [-0.1, -0.05) is 17.7 Å². The van der Waals surface area contributed by atoms with E-state index in [0.29, 0.717) is 61.6 Å². The Morgan fingerprint density at radius 3 is 2.26 bits per heavy atom. The van der Waals surface area contributed by atoms with Crippen molar-refractivity contribution in [3.05, 3.63) is 33.8 Å². The maximum absolute atomic E-state index is 12.9. The number of carbonyl (C=O) groups excluding carboxylic acids is 3. The van der Waals surface area contributed by atoms with Gasteiger partial charge in [-0.05, 0) is 63.1 Å². The molecule has 3 amide bonds. The molecule has 0 radical (unpaired) electrons. The highest BCUT2D eigenvalue weighted by molar-refractivity contribution is 6.32. The predicted octanol–water partition coefficient (Wildman–Crippen LogP) is 3.01. The minimum Gasteiger partial charge on any atom is -0.444 e. The molecule has 3 fully saturated rings. The van der Waals surface area contributed by atoms with Gasteiger partial charge in [0.05, 0.1) is 0 Å². The number of primary amides is 1. The molecule has 2 aliphatic heterocycles. The summed E-state index contributed by atoms with van der Waals surface area (Å²) in [4.78, 5) is 42.9. The fraction of sp³-hybridized carbons (Fsp3) is 0.640. The van der Waals surface area contributed by atoms with E-state index in [1.54, 1.807) is 11.0 Å². The van der Waals surface area contributed by atoms with Crippen molar-refractivity contribution in [1.82, 2.24) is 14.7 Å². The number of ether oxygens (including phenoxy) is 1. The van der Waals surface area contributed by atoms with Crippen molar-refractivity contribution < 1.29 is 19.1 Å². The van der Waals surface area contributed by atoms with Crippen LogP contribution < -0.4 is 5.73 Å². The van der Waals surface area contributed by atoms with Crippen molar-refractivity contribution >= 4 is 29.5 Å². The molecular weight excluding hydrogens is 456 g/mol. The maximum Gasteiger partial charge on any atom is 0.410 e. The number of hydrogen-bond donors (Lipinski definition) is 1. The molecule has 0 unspecified atom stereocenters. The van der Waals surface area contributed by atoms with E-state index < -0.39 is 11.5 Å². The zero-order chi connectivity index (χ0) is 24.6. The molecule has 186 valence electrons. The lowest BCUT2D eigenvalue weighted by Crippen LogP contribution is -2.64. The van der Waals surface area contributed by atoms with Crippen LogP contribution in [-0.2, 0) is 16.0 Å². The van der Waals surface area contributed by atoms with Gasteiger partial charge in [0.15, 0.2) is 0 Å². The van der Waals surface area contributed by atoms with Crippen molar-refractivity contribution in [3.8, 4) is 0 Å². The van der Waals surface area contributed by atoms with Crippen LogP contribution in [0.15, 0.2) is 12.1 Å². The van der Waals surface area contributed by atoms with Crippen molar-refractivity contribution in [2.24, 2.45) is 5.73 Å². The van der Waals surface area contributed by atoms with E-state index in [9.17, 15) is 14.4 Å². The summed E-state index contributed by atoms with van der Waals surface area (Å²) < 4.78 is 5.42. The van der Waals surface area contributed by atoms with Crippen LogP contribution >= 0.6 is 11.6 Å². The van der Waals surface area contributed by atoms with Gasteiger partial charge in [0, 0.05) is 62.3 Å². The maximum atomic E-state index is 12.9. The fourth-order valence-corrected chi connectivity index (χ4v) is 5.00. The van der Waals surface area contributed by atoms with Crippen LogP contribution in [0.4, 0.5) is 4.79 Å². The number of carbonyl (C=O) groups is 3. The first kappa shape index (κ1) is 24.8. The molecule has 0 spiro atoms. The highest BCUT2D eigenvalue weighted by Crippen LogP contribution is 2.44. The third-order valence-electron chi connectivity index (χ3n) is 6.81. The number of halogens is 1. The molecule has 2 heterocycles. The van der Waals surface area contributed by atoms with E-state index in [1.807, 2.05) is 31.7 Å². The summed E-state index contributed by atoms with van der Waals surface area (Å²) in [6.07, 6.45) is 2.76. The van der Waals surface area contributed by atoms with Gasteiger partial charge in [0.25, 0.3) is 0 Å². The summed E-state index contributed by atoms with van der Waals surface area (Å²) in [6, 6.07) is 3.95. The molecule has 1 aliphatic carbocycles. The first-order chi connectivity index (χ1) is 16.0. The second-order valence-electron chi connectivity index (χ2n) is 10.6. The zero-order valence-corrected chi connectivity index (χ0v) is 21.1. The number of hydrogen-bond acceptors (Lipinski definition) is 5. The molecule has 1 saturated carbocycles. The minimum atomic E-state index is -0.513. The number of rotatable bonds is 6. The minimum absolute atomic E-state index is 0.0852. The normalized spacial score (nSPS) is 19.6. The molecule has 4 rings (SSSR count). The molecule has 34 heavy (non-hydrogen) atoms. The Morgan fingerprint density at radius 2 is 1.71 bits per heavy atom. The number of likely N-dealkylation sites (tertiary alicyclic amines) is 1. The van der Waals surface area contributed by atoms with Crippen LogP contribution in [0.5, 0.6) is 0 Å². The quantitative estimate of drug-likeness (QED) is 0.661. The lowest BCUT2D eigenvalue weighted by Gasteiger charge is -2.48. The number of amides is 3. The van der Waals surface area contributed by atoms with Gasteiger partial charge in [0.1, 0.15) is 5.60 Å². The summed E-state index contributed by atoms with van der Waals surface area (Å²) in [5.74, 6) is 0.0259. The van der Waals surface area contributed by atoms with Crippen molar-refractivity contribution in [2.45, 2.75) is 64.0 Å².